The lowest BCUT2D eigenvalue weighted by atomic mass is 10.2. The Hall–Kier alpha value is -2.14. The van der Waals surface area contributed by atoms with Crippen LogP contribution in [0.25, 0.3) is 11.4 Å². The maximum absolute atomic E-state index is 5.45. The third-order valence-electron chi connectivity index (χ3n) is 3.92. The summed E-state index contributed by atoms with van der Waals surface area (Å²) in [6.45, 7) is 6.38. The van der Waals surface area contributed by atoms with E-state index in [2.05, 4.69) is 17.1 Å². The molecule has 0 bridgehead atoms. The zero-order chi connectivity index (χ0) is 15.9. The minimum atomic E-state index is 0.753. The number of hydrogen-bond donors (Lipinski definition) is 1. The summed E-state index contributed by atoms with van der Waals surface area (Å²) >= 11 is 0. The van der Waals surface area contributed by atoms with Crippen molar-refractivity contribution < 1.29 is 4.74 Å². The predicted molar refractivity (Wildman–Crippen MR) is 93.9 cm³/mol. The molecule has 1 N–H and O–H groups in total. The second kappa shape index (κ2) is 7.92. The van der Waals surface area contributed by atoms with Gasteiger partial charge in [0.1, 0.15) is 11.6 Å². The zero-order valence-corrected chi connectivity index (χ0v) is 13.7. The van der Waals surface area contributed by atoms with Crippen LogP contribution in [0.4, 0.5) is 11.6 Å². The molecule has 0 saturated carbocycles. The lowest BCUT2D eigenvalue weighted by Crippen LogP contribution is -2.36. The number of unbranched alkanes of at least 4 members (excludes halogenated alkanes) is 1. The molecular formula is C18H24N4O. The summed E-state index contributed by atoms with van der Waals surface area (Å²) in [4.78, 5) is 11.7. The normalized spacial score (nSPS) is 14.7. The molecule has 0 radical (unpaired) electrons. The third-order valence-corrected chi connectivity index (χ3v) is 3.92. The number of anilines is 2. The lowest BCUT2D eigenvalue weighted by molar-refractivity contribution is 0.122. The predicted octanol–water partition coefficient (Wildman–Crippen LogP) is 3.19. The van der Waals surface area contributed by atoms with Gasteiger partial charge in [0, 0.05) is 31.3 Å². The van der Waals surface area contributed by atoms with Crippen molar-refractivity contribution in [3.63, 3.8) is 0 Å². The van der Waals surface area contributed by atoms with Gasteiger partial charge >= 0.3 is 0 Å². The lowest BCUT2D eigenvalue weighted by Gasteiger charge is -2.28. The molecule has 1 saturated heterocycles. The van der Waals surface area contributed by atoms with Crippen LogP contribution in [0.5, 0.6) is 0 Å². The van der Waals surface area contributed by atoms with Crippen LogP contribution in [0.2, 0.25) is 0 Å². The summed E-state index contributed by atoms with van der Waals surface area (Å²) in [6, 6.07) is 12.2. The highest BCUT2D eigenvalue weighted by Gasteiger charge is 2.15. The molecule has 23 heavy (non-hydrogen) atoms. The van der Waals surface area contributed by atoms with Crippen molar-refractivity contribution in [1.82, 2.24) is 9.97 Å². The van der Waals surface area contributed by atoms with Gasteiger partial charge in [-0.05, 0) is 6.42 Å². The number of nitrogens with zero attached hydrogens (tertiary/aromatic N) is 3. The quantitative estimate of drug-likeness (QED) is 0.830. The molecule has 0 spiro atoms. The Morgan fingerprint density at radius 1 is 1.13 bits per heavy atom. The molecule has 2 aromatic rings. The minimum Gasteiger partial charge on any atom is -0.378 e. The smallest absolute Gasteiger partial charge is 0.163 e. The van der Waals surface area contributed by atoms with Crippen LogP contribution in [-0.4, -0.2) is 42.8 Å². The van der Waals surface area contributed by atoms with Gasteiger partial charge in [-0.3, -0.25) is 0 Å². The van der Waals surface area contributed by atoms with Crippen molar-refractivity contribution in [2.24, 2.45) is 0 Å². The molecule has 3 rings (SSSR count). The Morgan fingerprint density at radius 2 is 1.91 bits per heavy atom. The number of nitrogens with one attached hydrogen (secondary N) is 1. The largest absolute Gasteiger partial charge is 0.378 e. The van der Waals surface area contributed by atoms with Crippen LogP contribution in [0.3, 0.4) is 0 Å². The van der Waals surface area contributed by atoms with E-state index < -0.39 is 0 Å². The van der Waals surface area contributed by atoms with Gasteiger partial charge in [-0.25, -0.2) is 9.97 Å². The molecule has 5 nitrogen and oxygen atoms in total. The average Bonchev–Trinajstić information content (AvgIpc) is 2.63. The molecule has 5 heteroatoms. The highest BCUT2D eigenvalue weighted by Crippen LogP contribution is 2.23. The molecule has 122 valence electrons. The highest BCUT2D eigenvalue weighted by atomic mass is 16.5. The van der Waals surface area contributed by atoms with Crippen LogP contribution in [0.15, 0.2) is 36.4 Å². The summed E-state index contributed by atoms with van der Waals surface area (Å²) in [5.74, 6) is 2.64. The number of ether oxygens (including phenoxy) is 1. The van der Waals surface area contributed by atoms with Crippen molar-refractivity contribution in [3.05, 3.63) is 36.4 Å². The van der Waals surface area contributed by atoms with E-state index >= 15 is 0 Å². The number of benzene rings is 1. The first-order valence-electron chi connectivity index (χ1n) is 8.38. The number of hydrogen-bond acceptors (Lipinski definition) is 5. The van der Waals surface area contributed by atoms with Gasteiger partial charge in [0.25, 0.3) is 0 Å². The second-order valence-corrected chi connectivity index (χ2v) is 5.68. The fraction of sp³-hybridized carbons (Fsp3) is 0.444. The standard InChI is InChI=1S/C18H24N4O/c1-2-3-9-19-16-14-17(22-10-12-23-13-11-22)21-18(20-16)15-7-5-4-6-8-15/h4-8,14H,2-3,9-13H2,1H3,(H,19,20,21). The first-order valence-corrected chi connectivity index (χ1v) is 8.38. The van der Waals surface area contributed by atoms with E-state index in [4.69, 9.17) is 14.7 Å². The first kappa shape index (κ1) is 15.7. The van der Waals surface area contributed by atoms with Crippen molar-refractivity contribution >= 4 is 11.6 Å². The monoisotopic (exact) mass is 312 g/mol. The summed E-state index contributed by atoms with van der Waals surface area (Å²) < 4.78 is 5.45. The average molecular weight is 312 g/mol. The third kappa shape index (κ3) is 4.20. The van der Waals surface area contributed by atoms with Crippen molar-refractivity contribution in [2.75, 3.05) is 43.1 Å². The Labute approximate surface area is 137 Å². The number of rotatable bonds is 6. The van der Waals surface area contributed by atoms with Crippen LogP contribution < -0.4 is 10.2 Å². The number of morpholine rings is 1. The van der Waals surface area contributed by atoms with E-state index in [1.165, 1.54) is 6.42 Å². The Bertz CT molecular complexity index is 612. The van der Waals surface area contributed by atoms with Gasteiger partial charge in [0.05, 0.1) is 13.2 Å². The van der Waals surface area contributed by atoms with Gasteiger partial charge < -0.3 is 15.0 Å². The maximum Gasteiger partial charge on any atom is 0.163 e. The van der Waals surface area contributed by atoms with Crippen LogP contribution in [0, 0.1) is 0 Å². The van der Waals surface area contributed by atoms with Gasteiger partial charge in [0.2, 0.25) is 0 Å². The Balaban J connectivity index is 1.89. The summed E-state index contributed by atoms with van der Waals surface area (Å²) in [5.41, 5.74) is 1.04. The zero-order valence-electron chi connectivity index (χ0n) is 13.7. The molecule has 1 aliphatic rings. The molecule has 1 fully saturated rings. The topological polar surface area (TPSA) is 50.3 Å². The highest BCUT2D eigenvalue weighted by molar-refractivity contribution is 5.61. The van der Waals surface area contributed by atoms with E-state index in [1.807, 2.05) is 36.4 Å². The van der Waals surface area contributed by atoms with Gasteiger partial charge in [-0.15, -0.1) is 0 Å². The fourth-order valence-corrected chi connectivity index (χ4v) is 2.59. The van der Waals surface area contributed by atoms with Crippen molar-refractivity contribution in [2.45, 2.75) is 19.8 Å². The van der Waals surface area contributed by atoms with E-state index in [0.717, 1.165) is 62.3 Å². The first-order chi connectivity index (χ1) is 11.4. The number of aromatic nitrogens is 2. The molecule has 0 atom stereocenters. The minimum absolute atomic E-state index is 0.753. The van der Waals surface area contributed by atoms with Gasteiger partial charge in [-0.1, -0.05) is 43.7 Å². The molecule has 0 amide bonds. The molecule has 1 aromatic heterocycles. The van der Waals surface area contributed by atoms with Crippen LogP contribution in [-0.2, 0) is 4.74 Å². The van der Waals surface area contributed by atoms with Crippen LogP contribution >= 0.6 is 0 Å². The Kier molecular flexibility index (Phi) is 5.42. The van der Waals surface area contributed by atoms with Gasteiger partial charge in [-0.2, -0.15) is 0 Å². The van der Waals surface area contributed by atoms with E-state index in [-0.39, 0.29) is 0 Å². The molecule has 1 aromatic carbocycles. The van der Waals surface area contributed by atoms with Gasteiger partial charge in [0.15, 0.2) is 5.82 Å². The maximum atomic E-state index is 5.45. The molecular weight excluding hydrogens is 288 g/mol. The summed E-state index contributed by atoms with van der Waals surface area (Å²) in [6.07, 6.45) is 2.30. The van der Waals surface area contributed by atoms with Crippen LogP contribution in [0.1, 0.15) is 19.8 Å². The SMILES string of the molecule is CCCCNc1cc(N2CCOCC2)nc(-c2ccccc2)n1. The fourth-order valence-electron chi connectivity index (χ4n) is 2.59. The van der Waals surface area contributed by atoms with Crippen molar-refractivity contribution in [3.8, 4) is 11.4 Å². The molecule has 1 aliphatic heterocycles. The van der Waals surface area contributed by atoms with E-state index in [9.17, 15) is 0 Å². The Morgan fingerprint density at radius 3 is 2.65 bits per heavy atom. The second-order valence-electron chi connectivity index (χ2n) is 5.68. The van der Waals surface area contributed by atoms with E-state index in [0.29, 0.717) is 0 Å². The summed E-state index contributed by atoms with van der Waals surface area (Å²) in [7, 11) is 0. The van der Waals surface area contributed by atoms with E-state index in [1.54, 1.807) is 0 Å². The molecule has 0 unspecified atom stereocenters. The molecule has 0 aliphatic carbocycles. The molecule has 2 heterocycles. The van der Waals surface area contributed by atoms with Crippen molar-refractivity contribution in [1.29, 1.82) is 0 Å². The summed E-state index contributed by atoms with van der Waals surface area (Å²) in [5, 5.41) is 3.43.